The fraction of sp³-hybridized carbons (Fsp3) is 0.667. The van der Waals surface area contributed by atoms with Crippen molar-refractivity contribution >= 4 is 0 Å². The van der Waals surface area contributed by atoms with Gasteiger partial charge in [0.25, 0.3) is 0 Å². The third-order valence-electron chi connectivity index (χ3n) is 3.12. The molecule has 1 heterocycles. The van der Waals surface area contributed by atoms with Gasteiger partial charge in [0.2, 0.25) is 5.88 Å². The summed E-state index contributed by atoms with van der Waals surface area (Å²) in [6.45, 7) is 2.23. The summed E-state index contributed by atoms with van der Waals surface area (Å²) in [5.74, 6) is 1.13. The Hall–Kier alpha value is -1.16. The lowest BCUT2D eigenvalue weighted by molar-refractivity contribution is 0.100. The van der Waals surface area contributed by atoms with Gasteiger partial charge in [-0.2, -0.15) is 0 Å². The molecule has 1 aromatic heterocycles. The lowest BCUT2D eigenvalue weighted by Crippen LogP contribution is -2.25. The van der Waals surface area contributed by atoms with Crippen LogP contribution in [0.25, 0.3) is 0 Å². The zero-order chi connectivity index (χ0) is 11.4. The SMILES string of the molecule is Cc1cc(OC2CCC(CO)CC2)ncn1. The lowest BCUT2D eigenvalue weighted by atomic mass is 9.88. The molecular weight excluding hydrogens is 204 g/mol. The standard InChI is InChI=1S/C12H18N2O2/c1-9-6-12(14-8-13-9)16-11-4-2-10(7-15)3-5-11/h6,8,10-11,15H,2-5,7H2,1H3. The van der Waals surface area contributed by atoms with Crippen molar-refractivity contribution in [3.8, 4) is 5.88 Å². The smallest absolute Gasteiger partial charge is 0.216 e. The molecule has 1 fully saturated rings. The van der Waals surface area contributed by atoms with Gasteiger partial charge in [-0.25, -0.2) is 9.97 Å². The van der Waals surface area contributed by atoms with Crippen LogP contribution in [-0.4, -0.2) is 27.8 Å². The fourth-order valence-electron chi connectivity index (χ4n) is 2.10. The second kappa shape index (κ2) is 5.25. The first-order chi connectivity index (χ1) is 7.78. The molecule has 0 amide bonds. The molecule has 1 aliphatic rings. The summed E-state index contributed by atoms with van der Waals surface area (Å²) in [6, 6.07) is 1.86. The predicted molar refractivity (Wildman–Crippen MR) is 60.2 cm³/mol. The monoisotopic (exact) mass is 222 g/mol. The second-order valence-corrected chi connectivity index (χ2v) is 4.44. The highest BCUT2D eigenvalue weighted by Gasteiger charge is 2.22. The first kappa shape index (κ1) is 11.3. The summed E-state index contributed by atoms with van der Waals surface area (Å²) >= 11 is 0. The highest BCUT2D eigenvalue weighted by atomic mass is 16.5. The zero-order valence-corrected chi connectivity index (χ0v) is 9.59. The summed E-state index contributed by atoms with van der Waals surface area (Å²) < 4.78 is 5.80. The minimum absolute atomic E-state index is 0.247. The fourth-order valence-corrected chi connectivity index (χ4v) is 2.10. The highest BCUT2D eigenvalue weighted by molar-refractivity contribution is 5.12. The molecule has 1 aromatic rings. The van der Waals surface area contributed by atoms with Crippen molar-refractivity contribution in [2.45, 2.75) is 38.7 Å². The summed E-state index contributed by atoms with van der Waals surface area (Å²) in [7, 11) is 0. The molecule has 4 heteroatoms. The Kier molecular flexibility index (Phi) is 3.72. The molecule has 1 saturated carbocycles. The van der Waals surface area contributed by atoms with Crippen molar-refractivity contribution in [2.24, 2.45) is 5.92 Å². The molecule has 0 bridgehead atoms. The van der Waals surface area contributed by atoms with E-state index in [-0.39, 0.29) is 6.10 Å². The number of ether oxygens (including phenoxy) is 1. The van der Waals surface area contributed by atoms with Gasteiger partial charge in [0.15, 0.2) is 0 Å². The first-order valence-corrected chi connectivity index (χ1v) is 5.84. The molecular formula is C12H18N2O2. The van der Waals surface area contributed by atoms with Crippen LogP contribution in [0.1, 0.15) is 31.4 Å². The zero-order valence-electron chi connectivity index (χ0n) is 9.59. The van der Waals surface area contributed by atoms with Gasteiger partial charge in [-0.15, -0.1) is 0 Å². The third kappa shape index (κ3) is 2.92. The van der Waals surface area contributed by atoms with Crippen LogP contribution in [-0.2, 0) is 0 Å². The molecule has 1 aliphatic carbocycles. The molecule has 0 atom stereocenters. The molecule has 16 heavy (non-hydrogen) atoms. The van der Waals surface area contributed by atoms with Gasteiger partial charge in [-0.3, -0.25) is 0 Å². The Labute approximate surface area is 95.7 Å². The number of aliphatic hydroxyl groups is 1. The Bertz CT molecular complexity index is 336. The van der Waals surface area contributed by atoms with Crippen LogP contribution in [0.3, 0.4) is 0 Å². The van der Waals surface area contributed by atoms with E-state index in [0.717, 1.165) is 31.4 Å². The molecule has 2 rings (SSSR count). The van der Waals surface area contributed by atoms with Gasteiger partial charge >= 0.3 is 0 Å². The Balaban J connectivity index is 1.87. The van der Waals surface area contributed by atoms with Crippen molar-refractivity contribution in [2.75, 3.05) is 6.61 Å². The number of hydrogen-bond donors (Lipinski definition) is 1. The van der Waals surface area contributed by atoms with Crippen LogP contribution < -0.4 is 4.74 Å². The number of hydrogen-bond acceptors (Lipinski definition) is 4. The minimum atomic E-state index is 0.247. The van der Waals surface area contributed by atoms with E-state index >= 15 is 0 Å². The Morgan fingerprint density at radius 2 is 2.06 bits per heavy atom. The van der Waals surface area contributed by atoms with Gasteiger partial charge in [-0.05, 0) is 38.5 Å². The topological polar surface area (TPSA) is 55.2 Å². The maximum Gasteiger partial charge on any atom is 0.216 e. The largest absolute Gasteiger partial charge is 0.474 e. The van der Waals surface area contributed by atoms with E-state index in [1.54, 1.807) is 0 Å². The van der Waals surface area contributed by atoms with Crippen molar-refractivity contribution < 1.29 is 9.84 Å². The van der Waals surface area contributed by atoms with Crippen molar-refractivity contribution in [3.05, 3.63) is 18.1 Å². The summed E-state index contributed by atoms with van der Waals surface area (Å²) in [5.41, 5.74) is 0.925. The van der Waals surface area contributed by atoms with Gasteiger partial charge < -0.3 is 9.84 Å². The highest BCUT2D eigenvalue weighted by Crippen LogP contribution is 2.26. The number of rotatable bonds is 3. The van der Waals surface area contributed by atoms with E-state index in [4.69, 9.17) is 9.84 Å². The second-order valence-electron chi connectivity index (χ2n) is 4.44. The average Bonchev–Trinajstić information content (AvgIpc) is 2.30. The maximum absolute atomic E-state index is 9.04. The number of nitrogens with zero attached hydrogens (tertiary/aromatic N) is 2. The van der Waals surface area contributed by atoms with Gasteiger partial charge in [0, 0.05) is 18.4 Å². The number of aliphatic hydroxyl groups excluding tert-OH is 1. The molecule has 4 nitrogen and oxygen atoms in total. The Morgan fingerprint density at radius 1 is 1.31 bits per heavy atom. The van der Waals surface area contributed by atoms with Crippen LogP contribution in [0.2, 0.25) is 0 Å². The van der Waals surface area contributed by atoms with E-state index in [1.807, 2.05) is 13.0 Å². The molecule has 0 aliphatic heterocycles. The predicted octanol–water partition coefficient (Wildman–Crippen LogP) is 1.71. The molecule has 0 saturated heterocycles. The van der Waals surface area contributed by atoms with Gasteiger partial charge in [-0.1, -0.05) is 0 Å². The van der Waals surface area contributed by atoms with E-state index < -0.39 is 0 Å². The Morgan fingerprint density at radius 3 is 2.69 bits per heavy atom. The van der Waals surface area contributed by atoms with Gasteiger partial charge in [0.1, 0.15) is 12.4 Å². The molecule has 1 N–H and O–H groups in total. The van der Waals surface area contributed by atoms with Crippen LogP contribution in [0.15, 0.2) is 12.4 Å². The molecule has 0 radical (unpaired) electrons. The van der Waals surface area contributed by atoms with Crippen LogP contribution in [0.4, 0.5) is 0 Å². The van der Waals surface area contributed by atoms with E-state index in [1.165, 1.54) is 6.33 Å². The molecule has 0 unspecified atom stereocenters. The lowest BCUT2D eigenvalue weighted by Gasteiger charge is -2.27. The summed E-state index contributed by atoms with van der Waals surface area (Å²) in [6.07, 6.45) is 5.89. The average molecular weight is 222 g/mol. The molecule has 0 spiro atoms. The minimum Gasteiger partial charge on any atom is -0.474 e. The third-order valence-corrected chi connectivity index (χ3v) is 3.12. The van der Waals surface area contributed by atoms with Crippen molar-refractivity contribution in [1.82, 2.24) is 9.97 Å². The maximum atomic E-state index is 9.04. The van der Waals surface area contributed by atoms with Gasteiger partial charge in [0.05, 0.1) is 0 Å². The summed E-state index contributed by atoms with van der Waals surface area (Å²) in [5, 5.41) is 9.04. The van der Waals surface area contributed by atoms with Crippen LogP contribution in [0.5, 0.6) is 5.88 Å². The molecule has 0 aromatic carbocycles. The van der Waals surface area contributed by atoms with Crippen LogP contribution >= 0.6 is 0 Å². The first-order valence-electron chi connectivity index (χ1n) is 5.84. The summed E-state index contributed by atoms with van der Waals surface area (Å²) in [4.78, 5) is 8.12. The number of aryl methyl sites for hydroxylation is 1. The van der Waals surface area contributed by atoms with E-state index in [0.29, 0.717) is 18.4 Å². The quantitative estimate of drug-likeness (QED) is 0.846. The van der Waals surface area contributed by atoms with Crippen molar-refractivity contribution in [1.29, 1.82) is 0 Å². The molecule has 88 valence electrons. The number of aromatic nitrogens is 2. The van der Waals surface area contributed by atoms with Crippen molar-refractivity contribution in [3.63, 3.8) is 0 Å². The van der Waals surface area contributed by atoms with Crippen LogP contribution in [0, 0.1) is 12.8 Å². The normalized spacial score (nSPS) is 25.4. The van der Waals surface area contributed by atoms with E-state index in [2.05, 4.69) is 9.97 Å². The van der Waals surface area contributed by atoms with E-state index in [9.17, 15) is 0 Å².